The monoisotopic (exact) mass is 851 g/mol. The van der Waals surface area contributed by atoms with Gasteiger partial charge in [0.25, 0.3) is 0 Å². The Balaban J connectivity index is 0.884. The average Bonchev–Trinajstić information content (AvgIpc) is 3.38. The van der Waals surface area contributed by atoms with Crippen LogP contribution in [-0.2, 0) is 0 Å². The number of ether oxygens (including phenoxy) is 2. The second-order valence-electron chi connectivity index (χ2n) is 16.0. The number of benzene rings is 10. The first kappa shape index (κ1) is 41.2. The summed E-state index contributed by atoms with van der Waals surface area (Å²) in [6, 6.07) is 76.2. The van der Waals surface area contributed by atoms with E-state index in [1.165, 1.54) is 21.5 Å². The molecule has 0 aliphatic carbocycles. The van der Waals surface area contributed by atoms with Crippen molar-refractivity contribution >= 4 is 90.7 Å². The maximum Gasteiger partial charge on any atom is 0.119 e. The normalized spacial score (nSPS) is 11.3. The van der Waals surface area contributed by atoms with Crippen molar-refractivity contribution in [1.82, 2.24) is 0 Å². The van der Waals surface area contributed by atoms with Crippen LogP contribution in [0.4, 0.5) is 34.1 Å². The first-order valence-electron chi connectivity index (χ1n) is 21.9. The van der Waals surface area contributed by atoms with Crippen molar-refractivity contribution in [2.24, 2.45) is 0 Å². The topological polar surface area (TPSA) is 48.7 Å². The van der Waals surface area contributed by atoms with E-state index < -0.39 is 0 Å². The molecule has 10 aromatic carbocycles. The van der Waals surface area contributed by atoms with E-state index in [4.69, 9.17) is 9.47 Å². The van der Waals surface area contributed by atoms with Crippen LogP contribution in [0.25, 0.3) is 56.6 Å². The highest BCUT2D eigenvalue weighted by atomic mass is 16.5. The van der Waals surface area contributed by atoms with E-state index in [0.29, 0.717) is 5.56 Å². The van der Waals surface area contributed by atoms with Gasteiger partial charge in [0.2, 0.25) is 0 Å². The van der Waals surface area contributed by atoms with Crippen LogP contribution >= 0.6 is 0 Å². The predicted molar refractivity (Wildman–Crippen MR) is 277 cm³/mol. The second-order valence-corrected chi connectivity index (χ2v) is 16.0. The Morgan fingerprint density at radius 3 is 1.29 bits per heavy atom. The zero-order valence-electron chi connectivity index (χ0n) is 36.7. The molecule has 66 heavy (non-hydrogen) atoms. The van der Waals surface area contributed by atoms with Crippen molar-refractivity contribution < 1.29 is 9.47 Å². The van der Waals surface area contributed by atoms with E-state index in [-0.39, 0.29) is 0 Å². The fourth-order valence-electron chi connectivity index (χ4n) is 8.70. The lowest BCUT2D eigenvalue weighted by Gasteiger charge is -2.27. The zero-order chi connectivity index (χ0) is 44.8. The van der Waals surface area contributed by atoms with Gasteiger partial charge in [-0.25, -0.2) is 0 Å². The van der Waals surface area contributed by atoms with Crippen LogP contribution in [0.1, 0.15) is 27.8 Å². The highest BCUT2D eigenvalue weighted by Crippen LogP contribution is 2.41. The van der Waals surface area contributed by atoms with Crippen LogP contribution in [0, 0.1) is 11.3 Å². The van der Waals surface area contributed by atoms with E-state index in [9.17, 15) is 5.26 Å². The number of hydrogen-bond donors (Lipinski definition) is 0. The standard InChI is InChI=1S/C61H45N3O2/c1-65-54-36-32-52(33-37-54)63(60-15-7-11-46-9-3-5-13-57(46)60)50-28-20-43(21-29-50)17-18-45-24-40-56-49(41-45)27-26-48(59(56)42-62)25-19-44-22-30-51(31-23-44)64(53-34-38-55(66-2)39-35-53)61-16-8-12-47-10-4-6-14-58(47)61/h3-41H,1-2H3. The minimum atomic E-state index is 0.653. The molecule has 5 nitrogen and oxygen atoms in total. The Labute approximate surface area is 385 Å². The fraction of sp³-hybridized carbons (Fsp3) is 0.0328. The van der Waals surface area contributed by atoms with E-state index in [0.717, 1.165) is 78.6 Å². The van der Waals surface area contributed by atoms with Crippen molar-refractivity contribution in [2.45, 2.75) is 0 Å². The van der Waals surface area contributed by atoms with Gasteiger partial charge < -0.3 is 19.3 Å². The number of anilines is 6. The lowest BCUT2D eigenvalue weighted by molar-refractivity contribution is 0.414. The van der Waals surface area contributed by atoms with E-state index in [1.807, 2.05) is 36.4 Å². The SMILES string of the molecule is COc1ccc(N(c2ccc(C=Cc3ccc4c(C#N)c(C=Cc5ccc(N(c6ccc(OC)cc6)c6cccc7ccccc67)cc5)ccc4c3)cc2)c2cccc3ccccc23)cc1. The molecule has 0 radical (unpaired) electrons. The number of rotatable bonds is 12. The summed E-state index contributed by atoms with van der Waals surface area (Å²) in [5.74, 6) is 1.63. The van der Waals surface area contributed by atoms with Gasteiger partial charge in [-0.3, -0.25) is 0 Å². The van der Waals surface area contributed by atoms with Gasteiger partial charge in [0.15, 0.2) is 0 Å². The van der Waals surface area contributed by atoms with Crippen LogP contribution in [0.5, 0.6) is 11.5 Å². The van der Waals surface area contributed by atoms with E-state index in [2.05, 4.69) is 216 Å². The Kier molecular flexibility index (Phi) is 11.5. The smallest absolute Gasteiger partial charge is 0.119 e. The average molecular weight is 852 g/mol. The summed E-state index contributed by atoms with van der Waals surface area (Å²) in [5.41, 5.74) is 11.1. The summed E-state index contributed by atoms with van der Waals surface area (Å²) in [5, 5.41) is 17.1. The van der Waals surface area contributed by atoms with Crippen molar-refractivity contribution in [3.63, 3.8) is 0 Å². The Bertz CT molecular complexity index is 3430. The Morgan fingerprint density at radius 2 is 0.803 bits per heavy atom. The summed E-state index contributed by atoms with van der Waals surface area (Å²) in [6.07, 6.45) is 8.36. The van der Waals surface area contributed by atoms with Crippen LogP contribution in [0.3, 0.4) is 0 Å². The van der Waals surface area contributed by atoms with E-state index in [1.54, 1.807) is 14.2 Å². The molecule has 0 aliphatic heterocycles. The molecule has 5 heteroatoms. The molecule has 0 saturated carbocycles. The summed E-state index contributed by atoms with van der Waals surface area (Å²) < 4.78 is 10.9. The molecular formula is C61H45N3O2. The molecule has 0 N–H and O–H groups in total. The number of fused-ring (bicyclic) bond motifs is 3. The minimum Gasteiger partial charge on any atom is -0.497 e. The van der Waals surface area contributed by atoms with Gasteiger partial charge in [-0.15, -0.1) is 0 Å². The van der Waals surface area contributed by atoms with Gasteiger partial charge in [-0.2, -0.15) is 5.26 Å². The van der Waals surface area contributed by atoms with Crippen LogP contribution in [0.2, 0.25) is 0 Å². The number of nitriles is 1. The quantitative estimate of drug-likeness (QED) is 0.115. The van der Waals surface area contributed by atoms with E-state index >= 15 is 0 Å². The summed E-state index contributed by atoms with van der Waals surface area (Å²) in [6.45, 7) is 0. The Morgan fingerprint density at radius 1 is 0.379 bits per heavy atom. The number of methoxy groups -OCH3 is 2. The molecule has 0 amide bonds. The largest absolute Gasteiger partial charge is 0.497 e. The molecule has 0 aromatic heterocycles. The molecule has 0 unspecified atom stereocenters. The number of nitrogens with zero attached hydrogens (tertiary/aromatic N) is 3. The summed E-state index contributed by atoms with van der Waals surface area (Å²) >= 11 is 0. The maximum absolute atomic E-state index is 10.4. The highest BCUT2D eigenvalue weighted by molar-refractivity contribution is 6.00. The lowest BCUT2D eigenvalue weighted by atomic mass is 9.97. The summed E-state index contributed by atoms with van der Waals surface area (Å²) in [7, 11) is 3.37. The van der Waals surface area contributed by atoms with Gasteiger partial charge in [-0.05, 0) is 129 Å². The zero-order valence-corrected chi connectivity index (χ0v) is 36.7. The van der Waals surface area contributed by atoms with Crippen molar-refractivity contribution in [3.05, 3.63) is 240 Å². The van der Waals surface area contributed by atoms with Gasteiger partial charge in [-0.1, -0.05) is 146 Å². The minimum absolute atomic E-state index is 0.653. The van der Waals surface area contributed by atoms with Gasteiger partial charge in [0, 0.05) is 38.9 Å². The van der Waals surface area contributed by atoms with Crippen LogP contribution < -0.4 is 19.3 Å². The molecule has 10 aromatic rings. The first-order valence-corrected chi connectivity index (χ1v) is 21.9. The molecule has 0 saturated heterocycles. The second kappa shape index (κ2) is 18.5. The molecule has 0 bridgehead atoms. The number of hydrogen-bond acceptors (Lipinski definition) is 5. The van der Waals surface area contributed by atoms with Gasteiger partial charge in [0.05, 0.1) is 31.2 Å². The highest BCUT2D eigenvalue weighted by Gasteiger charge is 2.17. The van der Waals surface area contributed by atoms with Crippen molar-refractivity contribution in [3.8, 4) is 17.6 Å². The third-order valence-corrected chi connectivity index (χ3v) is 12.1. The molecule has 0 spiro atoms. The predicted octanol–water partition coefficient (Wildman–Crippen LogP) is 16.3. The third-order valence-electron chi connectivity index (χ3n) is 12.1. The molecule has 316 valence electrons. The van der Waals surface area contributed by atoms with Crippen molar-refractivity contribution in [2.75, 3.05) is 24.0 Å². The third kappa shape index (κ3) is 8.35. The van der Waals surface area contributed by atoms with Gasteiger partial charge >= 0.3 is 0 Å². The van der Waals surface area contributed by atoms with Crippen molar-refractivity contribution in [1.29, 1.82) is 5.26 Å². The van der Waals surface area contributed by atoms with Crippen LogP contribution in [-0.4, -0.2) is 14.2 Å². The van der Waals surface area contributed by atoms with Crippen LogP contribution in [0.15, 0.2) is 212 Å². The molecule has 0 fully saturated rings. The molecule has 0 aliphatic rings. The molecular weight excluding hydrogens is 807 g/mol. The first-order chi connectivity index (χ1) is 32.6. The lowest BCUT2D eigenvalue weighted by Crippen LogP contribution is -2.10. The Hall–Kier alpha value is -8.85. The maximum atomic E-state index is 10.4. The fourth-order valence-corrected chi connectivity index (χ4v) is 8.70. The molecule has 0 atom stereocenters. The molecule has 0 heterocycles. The molecule has 10 rings (SSSR count). The van der Waals surface area contributed by atoms with Gasteiger partial charge in [0.1, 0.15) is 17.6 Å². The summed E-state index contributed by atoms with van der Waals surface area (Å²) in [4.78, 5) is 4.56.